The van der Waals surface area contributed by atoms with E-state index in [2.05, 4.69) is 39.3 Å². The van der Waals surface area contributed by atoms with Crippen LogP contribution in [0.2, 0.25) is 0 Å². The lowest BCUT2D eigenvalue weighted by Gasteiger charge is -2.23. The standard InChI is InChI=1S/C18H21N5OS/c1-11-7-8-13-14(9-11)25-18(22-13)23-16-15(19)17(21-10-20-16)24-12-5-3-2-4-6-12/h7-10,12H,2-6,19H2,1H3,(H,20,21,22,23). The molecular formula is C18H21N5OS. The van der Waals surface area contributed by atoms with Gasteiger partial charge in [0.1, 0.15) is 18.1 Å². The summed E-state index contributed by atoms with van der Waals surface area (Å²) >= 11 is 1.58. The number of benzene rings is 1. The van der Waals surface area contributed by atoms with Crippen LogP contribution in [0.15, 0.2) is 24.5 Å². The van der Waals surface area contributed by atoms with Gasteiger partial charge in [0.25, 0.3) is 0 Å². The predicted octanol–water partition coefficient (Wildman–Crippen LogP) is 4.43. The number of aromatic nitrogens is 3. The van der Waals surface area contributed by atoms with Gasteiger partial charge in [0.15, 0.2) is 10.9 Å². The van der Waals surface area contributed by atoms with Gasteiger partial charge in [0, 0.05) is 0 Å². The molecule has 0 unspecified atom stereocenters. The van der Waals surface area contributed by atoms with Crippen molar-refractivity contribution in [2.75, 3.05) is 11.1 Å². The van der Waals surface area contributed by atoms with E-state index in [0.29, 0.717) is 17.4 Å². The number of nitrogen functional groups attached to an aromatic ring is 1. The summed E-state index contributed by atoms with van der Waals surface area (Å²) in [5.74, 6) is 0.998. The third-order valence-corrected chi connectivity index (χ3v) is 5.38. The van der Waals surface area contributed by atoms with Crippen LogP contribution in [-0.4, -0.2) is 21.1 Å². The summed E-state index contributed by atoms with van der Waals surface area (Å²) in [6, 6.07) is 6.20. The predicted molar refractivity (Wildman–Crippen MR) is 102 cm³/mol. The Morgan fingerprint density at radius 1 is 1.20 bits per heavy atom. The normalized spacial score (nSPS) is 15.4. The van der Waals surface area contributed by atoms with Gasteiger partial charge in [-0.3, -0.25) is 0 Å². The fourth-order valence-corrected chi connectivity index (χ4v) is 4.06. The highest BCUT2D eigenvalue weighted by Gasteiger charge is 2.19. The Morgan fingerprint density at radius 2 is 2.04 bits per heavy atom. The van der Waals surface area contributed by atoms with Gasteiger partial charge >= 0.3 is 0 Å². The molecule has 7 heteroatoms. The van der Waals surface area contributed by atoms with E-state index in [-0.39, 0.29) is 6.10 Å². The minimum atomic E-state index is 0.198. The van der Waals surface area contributed by atoms with Crippen molar-refractivity contribution in [3.63, 3.8) is 0 Å². The van der Waals surface area contributed by atoms with Crippen molar-refractivity contribution in [1.82, 2.24) is 15.0 Å². The number of nitrogens with zero attached hydrogens (tertiary/aromatic N) is 3. The average Bonchev–Trinajstić information content (AvgIpc) is 3.01. The highest BCUT2D eigenvalue weighted by molar-refractivity contribution is 7.22. The summed E-state index contributed by atoms with van der Waals surface area (Å²) in [5, 5.41) is 3.97. The van der Waals surface area contributed by atoms with Crippen LogP contribution in [0.25, 0.3) is 10.2 Å². The number of anilines is 3. The van der Waals surface area contributed by atoms with Crippen LogP contribution >= 0.6 is 11.3 Å². The fraction of sp³-hybridized carbons (Fsp3) is 0.389. The van der Waals surface area contributed by atoms with Gasteiger partial charge < -0.3 is 15.8 Å². The van der Waals surface area contributed by atoms with Crippen molar-refractivity contribution in [3.05, 3.63) is 30.1 Å². The van der Waals surface area contributed by atoms with Crippen molar-refractivity contribution < 1.29 is 4.74 Å². The zero-order valence-electron chi connectivity index (χ0n) is 14.2. The Hall–Kier alpha value is -2.41. The molecule has 2 aromatic heterocycles. The van der Waals surface area contributed by atoms with Gasteiger partial charge in [-0.2, -0.15) is 4.98 Å². The Labute approximate surface area is 150 Å². The van der Waals surface area contributed by atoms with E-state index in [1.54, 1.807) is 11.3 Å². The van der Waals surface area contributed by atoms with E-state index in [0.717, 1.165) is 28.2 Å². The smallest absolute Gasteiger partial charge is 0.242 e. The largest absolute Gasteiger partial charge is 0.473 e. The second-order valence-corrected chi connectivity index (χ2v) is 7.46. The first-order chi connectivity index (χ1) is 12.2. The van der Waals surface area contributed by atoms with Gasteiger partial charge in [0.2, 0.25) is 5.88 Å². The number of fused-ring (bicyclic) bond motifs is 1. The number of aryl methyl sites for hydroxylation is 1. The van der Waals surface area contributed by atoms with E-state index < -0.39 is 0 Å². The van der Waals surface area contributed by atoms with Crippen LogP contribution in [0.4, 0.5) is 16.6 Å². The van der Waals surface area contributed by atoms with Gasteiger partial charge in [-0.05, 0) is 50.3 Å². The van der Waals surface area contributed by atoms with Crippen LogP contribution in [0.3, 0.4) is 0 Å². The Morgan fingerprint density at radius 3 is 2.88 bits per heavy atom. The molecule has 0 aliphatic heterocycles. The molecule has 1 fully saturated rings. The molecule has 0 amide bonds. The van der Waals surface area contributed by atoms with E-state index in [1.165, 1.54) is 31.2 Å². The number of hydrogen-bond donors (Lipinski definition) is 2. The van der Waals surface area contributed by atoms with E-state index >= 15 is 0 Å². The molecule has 1 aliphatic carbocycles. The van der Waals surface area contributed by atoms with Crippen molar-refractivity contribution in [3.8, 4) is 5.88 Å². The average molecular weight is 355 g/mol. The van der Waals surface area contributed by atoms with Crippen molar-refractivity contribution >= 4 is 38.2 Å². The molecular weight excluding hydrogens is 334 g/mol. The molecule has 2 heterocycles. The molecule has 0 saturated heterocycles. The molecule has 0 atom stereocenters. The Bertz CT molecular complexity index is 888. The van der Waals surface area contributed by atoms with Crippen LogP contribution in [-0.2, 0) is 0 Å². The molecule has 3 N–H and O–H groups in total. The summed E-state index contributed by atoms with van der Waals surface area (Å²) in [4.78, 5) is 13.1. The SMILES string of the molecule is Cc1ccc2nc(Nc3ncnc(OC4CCCCC4)c3N)sc2c1. The molecule has 1 saturated carbocycles. The Balaban J connectivity index is 1.56. The lowest BCUT2D eigenvalue weighted by atomic mass is 9.98. The van der Waals surface area contributed by atoms with Crippen LogP contribution < -0.4 is 15.8 Å². The fourth-order valence-electron chi connectivity index (χ4n) is 3.10. The molecule has 130 valence electrons. The maximum atomic E-state index is 6.23. The van der Waals surface area contributed by atoms with Gasteiger partial charge in [-0.15, -0.1) is 0 Å². The zero-order chi connectivity index (χ0) is 17.2. The molecule has 3 aromatic rings. The minimum absolute atomic E-state index is 0.198. The monoisotopic (exact) mass is 355 g/mol. The van der Waals surface area contributed by atoms with Crippen LogP contribution in [0.1, 0.15) is 37.7 Å². The highest BCUT2D eigenvalue weighted by Crippen LogP contribution is 2.33. The van der Waals surface area contributed by atoms with Crippen molar-refractivity contribution in [2.24, 2.45) is 0 Å². The quantitative estimate of drug-likeness (QED) is 0.720. The summed E-state index contributed by atoms with van der Waals surface area (Å²) < 4.78 is 7.14. The topological polar surface area (TPSA) is 86.0 Å². The van der Waals surface area contributed by atoms with Gasteiger partial charge in [-0.1, -0.05) is 23.8 Å². The lowest BCUT2D eigenvalue weighted by molar-refractivity contribution is 0.149. The number of hydrogen-bond acceptors (Lipinski definition) is 7. The third kappa shape index (κ3) is 3.51. The molecule has 6 nitrogen and oxygen atoms in total. The maximum Gasteiger partial charge on any atom is 0.242 e. The first-order valence-corrected chi connectivity index (χ1v) is 9.42. The van der Waals surface area contributed by atoms with E-state index in [1.807, 2.05) is 6.07 Å². The second kappa shape index (κ2) is 6.84. The summed E-state index contributed by atoms with van der Waals surface area (Å²) in [6.45, 7) is 2.07. The summed E-state index contributed by atoms with van der Waals surface area (Å²) in [7, 11) is 0. The Kier molecular flexibility index (Phi) is 4.40. The summed E-state index contributed by atoms with van der Waals surface area (Å²) in [5.41, 5.74) is 8.84. The minimum Gasteiger partial charge on any atom is -0.473 e. The highest BCUT2D eigenvalue weighted by atomic mass is 32.1. The number of thiazole rings is 1. The number of nitrogens with one attached hydrogen (secondary N) is 1. The maximum absolute atomic E-state index is 6.23. The van der Waals surface area contributed by atoms with E-state index in [9.17, 15) is 0 Å². The van der Waals surface area contributed by atoms with Crippen molar-refractivity contribution in [2.45, 2.75) is 45.1 Å². The first kappa shape index (κ1) is 16.1. The zero-order valence-corrected chi connectivity index (χ0v) is 15.0. The van der Waals surface area contributed by atoms with Gasteiger partial charge in [-0.25, -0.2) is 9.97 Å². The molecule has 1 aromatic carbocycles. The molecule has 4 rings (SSSR count). The van der Waals surface area contributed by atoms with Crippen LogP contribution in [0, 0.1) is 6.92 Å². The number of rotatable bonds is 4. The van der Waals surface area contributed by atoms with Crippen LogP contribution in [0.5, 0.6) is 5.88 Å². The molecule has 0 radical (unpaired) electrons. The molecule has 0 bridgehead atoms. The van der Waals surface area contributed by atoms with Crippen molar-refractivity contribution in [1.29, 1.82) is 0 Å². The lowest BCUT2D eigenvalue weighted by Crippen LogP contribution is -2.21. The third-order valence-electron chi connectivity index (χ3n) is 4.45. The first-order valence-electron chi connectivity index (χ1n) is 8.60. The van der Waals surface area contributed by atoms with E-state index in [4.69, 9.17) is 10.5 Å². The second-order valence-electron chi connectivity index (χ2n) is 6.43. The molecule has 0 spiro atoms. The molecule has 25 heavy (non-hydrogen) atoms. The van der Waals surface area contributed by atoms with Gasteiger partial charge in [0.05, 0.1) is 10.2 Å². The number of nitrogens with two attached hydrogens (primary N) is 1. The molecule has 1 aliphatic rings. The summed E-state index contributed by atoms with van der Waals surface area (Å²) in [6.07, 6.45) is 7.48. The number of ether oxygens (including phenoxy) is 1.